The van der Waals surface area contributed by atoms with Gasteiger partial charge in [0.2, 0.25) is 0 Å². The maximum atomic E-state index is 11.6. The molecule has 0 radical (unpaired) electrons. The smallest absolute Gasteiger partial charge is 0.273 e. The van der Waals surface area contributed by atoms with Gasteiger partial charge in [0.25, 0.3) is 5.91 Å². The van der Waals surface area contributed by atoms with Crippen LogP contribution in [0.1, 0.15) is 48.9 Å². The van der Waals surface area contributed by atoms with Crippen molar-refractivity contribution in [2.45, 2.75) is 32.6 Å². The number of carbonyl (C=O) groups is 1. The van der Waals surface area contributed by atoms with Crippen LogP contribution in [0.15, 0.2) is 10.6 Å². The van der Waals surface area contributed by atoms with Crippen molar-refractivity contribution in [2.24, 2.45) is 5.92 Å². The van der Waals surface area contributed by atoms with Crippen LogP contribution < -0.4 is 5.32 Å². The molecule has 0 aliphatic heterocycles. The molecule has 1 heterocycles. The molecule has 1 aliphatic carbocycles. The molecule has 0 spiro atoms. The van der Waals surface area contributed by atoms with E-state index in [1.807, 2.05) is 0 Å². The lowest BCUT2D eigenvalue weighted by atomic mass is 10.2. The van der Waals surface area contributed by atoms with E-state index in [0.29, 0.717) is 24.1 Å². The van der Waals surface area contributed by atoms with E-state index in [4.69, 9.17) is 4.52 Å². The highest BCUT2D eigenvalue weighted by Gasteiger charge is 2.28. The van der Waals surface area contributed by atoms with E-state index in [1.165, 1.54) is 0 Å². The van der Waals surface area contributed by atoms with Gasteiger partial charge < -0.3 is 9.84 Å². The number of aromatic nitrogens is 1. The minimum atomic E-state index is -0.139. The molecule has 0 atom stereocenters. The van der Waals surface area contributed by atoms with Gasteiger partial charge in [0, 0.05) is 18.5 Å². The summed E-state index contributed by atoms with van der Waals surface area (Å²) >= 11 is 0. The molecule has 1 aromatic heterocycles. The third kappa shape index (κ3) is 2.58. The highest BCUT2D eigenvalue weighted by molar-refractivity contribution is 5.92. The van der Waals surface area contributed by atoms with Crippen LogP contribution in [0, 0.1) is 5.92 Å². The molecule has 1 saturated carbocycles. The second kappa shape index (κ2) is 4.04. The van der Waals surface area contributed by atoms with Gasteiger partial charge in [-0.05, 0) is 18.8 Å². The summed E-state index contributed by atoms with van der Waals surface area (Å²) in [5.41, 5.74) is 0.401. The lowest BCUT2D eigenvalue weighted by Crippen LogP contribution is -2.27. The first-order chi connectivity index (χ1) is 7.16. The molecule has 0 bridgehead atoms. The largest absolute Gasteiger partial charge is 0.360 e. The van der Waals surface area contributed by atoms with E-state index in [2.05, 4.69) is 24.3 Å². The Morgan fingerprint density at radius 3 is 3.00 bits per heavy atom. The zero-order valence-corrected chi connectivity index (χ0v) is 9.12. The fourth-order valence-electron chi connectivity index (χ4n) is 1.34. The Balaban J connectivity index is 1.93. The molecule has 4 nitrogen and oxygen atoms in total. The standard InChI is InChI=1S/C11H16N2O2/c1-7(2)6-12-11(14)9-5-10(15-13-9)8-3-4-8/h5,7-8H,3-4,6H2,1-2H3,(H,12,14). The molecule has 4 heteroatoms. The molecule has 1 aliphatic rings. The molecule has 1 N–H and O–H groups in total. The van der Waals surface area contributed by atoms with Crippen LogP contribution in [-0.2, 0) is 0 Å². The van der Waals surface area contributed by atoms with Gasteiger partial charge in [-0.3, -0.25) is 4.79 Å². The van der Waals surface area contributed by atoms with E-state index in [1.54, 1.807) is 6.07 Å². The lowest BCUT2D eigenvalue weighted by Gasteiger charge is -2.04. The SMILES string of the molecule is CC(C)CNC(=O)c1cc(C2CC2)on1. The topological polar surface area (TPSA) is 55.1 Å². The van der Waals surface area contributed by atoms with Crippen LogP contribution in [0.3, 0.4) is 0 Å². The van der Waals surface area contributed by atoms with E-state index in [9.17, 15) is 4.79 Å². The Kier molecular flexibility index (Phi) is 2.75. The van der Waals surface area contributed by atoms with Gasteiger partial charge in [-0.1, -0.05) is 19.0 Å². The molecule has 1 fully saturated rings. The second-order valence-corrected chi connectivity index (χ2v) is 4.49. The predicted molar refractivity (Wildman–Crippen MR) is 55.6 cm³/mol. The van der Waals surface area contributed by atoms with E-state index < -0.39 is 0 Å². The van der Waals surface area contributed by atoms with Gasteiger partial charge >= 0.3 is 0 Å². The van der Waals surface area contributed by atoms with Gasteiger partial charge in [0.05, 0.1) is 0 Å². The fraction of sp³-hybridized carbons (Fsp3) is 0.636. The first kappa shape index (κ1) is 10.2. The molecule has 0 saturated heterocycles. The van der Waals surface area contributed by atoms with Crippen molar-refractivity contribution in [3.63, 3.8) is 0 Å². The summed E-state index contributed by atoms with van der Waals surface area (Å²) < 4.78 is 5.11. The van der Waals surface area contributed by atoms with Crippen LogP contribution in [0.4, 0.5) is 0 Å². The zero-order chi connectivity index (χ0) is 10.8. The summed E-state index contributed by atoms with van der Waals surface area (Å²) in [6.45, 7) is 4.78. The number of hydrogen-bond acceptors (Lipinski definition) is 3. The first-order valence-corrected chi connectivity index (χ1v) is 5.41. The van der Waals surface area contributed by atoms with Gasteiger partial charge in [-0.2, -0.15) is 0 Å². The Hall–Kier alpha value is -1.32. The maximum absolute atomic E-state index is 11.6. The summed E-state index contributed by atoms with van der Waals surface area (Å²) in [5, 5.41) is 6.58. The third-order valence-corrected chi connectivity index (χ3v) is 2.41. The van der Waals surface area contributed by atoms with Crippen molar-refractivity contribution < 1.29 is 9.32 Å². The number of nitrogens with zero attached hydrogens (tertiary/aromatic N) is 1. The van der Waals surface area contributed by atoms with Crippen molar-refractivity contribution in [1.29, 1.82) is 0 Å². The zero-order valence-electron chi connectivity index (χ0n) is 9.12. The van der Waals surface area contributed by atoms with Gasteiger partial charge in [0.15, 0.2) is 5.69 Å². The predicted octanol–water partition coefficient (Wildman–Crippen LogP) is 1.94. The van der Waals surface area contributed by atoms with Crippen LogP contribution >= 0.6 is 0 Å². The fourth-order valence-corrected chi connectivity index (χ4v) is 1.34. The van der Waals surface area contributed by atoms with Gasteiger partial charge in [0.1, 0.15) is 5.76 Å². The van der Waals surface area contributed by atoms with E-state index >= 15 is 0 Å². The summed E-state index contributed by atoms with van der Waals surface area (Å²) in [6, 6.07) is 1.76. The molecular weight excluding hydrogens is 192 g/mol. The minimum Gasteiger partial charge on any atom is -0.360 e. The van der Waals surface area contributed by atoms with Crippen LogP contribution in [0.25, 0.3) is 0 Å². The summed E-state index contributed by atoms with van der Waals surface area (Å²) in [7, 11) is 0. The summed E-state index contributed by atoms with van der Waals surface area (Å²) in [5.74, 6) is 1.66. The molecule has 0 unspecified atom stereocenters. The molecule has 82 valence electrons. The molecule has 2 rings (SSSR count). The maximum Gasteiger partial charge on any atom is 0.273 e. The van der Waals surface area contributed by atoms with Crippen molar-refractivity contribution in [2.75, 3.05) is 6.54 Å². The summed E-state index contributed by atoms with van der Waals surface area (Å²) in [6.07, 6.45) is 2.31. The molecular formula is C11H16N2O2. The average Bonchev–Trinajstić information content (AvgIpc) is 2.93. The number of rotatable bonds is 4. The number of amides is 1. The average molecular weight is 208 g/mol. The highest BCUT2D eigenvalue weighted by Crippen LogP contribution is 2.40. The third-order valence-electron chi connectivity index (χ3n) is 2.41. The number of nitrogens with one attached hydrogen (secondary N) is 1. The molecule has 15 heavy (non-hydrogen) atoms. The lowest BCUT2D eigenvalue weighted by molar-refractivity contribution is 0.0940. The highest BCUT2D eigenvalue weighted by atomic mass is 16.5. The van der Waals surface area contributed by atoms with Crippen molar-refractivity contribution >= 4 is 5.91 Å². The van der Waals surface area contributed by atoms with Crippen LogP contribution in [-0.4, -0.2) is 17.6 Å². The Bertz CT molecular complexity index is 353. The second-order valence-electron chi connectivity index (χ2n) is 4.49. The molecule has 1 aromatic rings. The van der Waals surface area contributed by atoms with Crippen molar-refractivity contribution in [3.8, 4) is 0 Å². The summed E-state index contributed by atoms with van der Waals surface area (Å²) in [4.78, 5) is 11.6. The monoisotopic (exact) mass is 208 g/mol. The Morgan fingerprint density at radius 2 is 2.40 bits per heavy atom. The quantitative estimate of drug-likeness (QED) is 0.822. The normalized spacial score (nSPS) is 15.7. The van der Waals surface area contributed by atoms with E-state index in [-0.39, 0.29) is 5.91 Å². The number of carbonyl (C=O) groups excluding carboxylic acids is 1. The Labute approximate surface area is 89.0 Å². The van der Waals surface area contributed by atoms with Gasteiger partial charge in [-0.25, -0.2) is 0 Å². The molecule has 1 amide bonds. The van der Waals surface area contributed by atoms with Crippen molar-refractivity contribution in [3.05, 3.63) is 17.5 Å². The van der Waals surface area contributed by atoms with Gasteiger partial charge in [-0.15, -0.1) is 0 Å². The van der Waals surface area contributed by atoms with Crippen LogP contribution in [0.2, 0.25) is 0 Å². The van der Waals surface area contributed by atoms with Crippen molar-refractivity contribution in [1.82, 2.24) is 10.5 Å². The number of hydrogen-bond donors (Lipinski definition) is 1. The first-order valence-electron chi connectivity index (χ1n) is 5.41. The minimum absolute atomic E-state index is 0.139. The van der Waals surface area contributed by atoms with E-state index in [0.717, 1.165) is 18.6 Å². The van der Waals surface area contributed by atoms with Crippen LogP contribution in [0.5, 0.6) is 0 Å². The Morgan fingerprint density at radius 1 is 1.67 bits per heavy atom. The molecule has 0 aromatic carbocycles.